The van der Waals surface area contributed by atoms with E-state index in [2.05, 4.69) is 64.2 Å². The number of aliphatic hydroxyl groups excluding tert-OH is 1. The van der Waals surface area contributed by atoms with Gasteiger partial charge in [-0.2, -0.15) is 0 Å². The van der Waals surface area contributed by atoms with E-state index in [-0.39, 0.29) is 10.5 Å². The molecule has 0 saturated heterocycles. The summed E-state index contributed by atoms with van der Waals surface area (Å²) in [6.45, 7) is 12.0. The normalized spacial score (nSPS) is 30.2. The lowest BCUT2D eigenvalue weighted by Gasteiger charge is -2.43. The highest BCUT2D eigenvalue weighted by molar-refractivity contribution is 6.74. The fourth-order valence-electron chi connectivity index (χ4n) is 3.79. The van der Waals surface area contributed by atoms with Crippen LogP contribution in [0.15, 0.2) is 36.4 Å². The van der Waals surface area contributed by atoms with E-state index in [4.69, 9.17) is 4.43 Å². The van der Waals surface area contributed by atoms with Gasteiger partial charge in [0.05, 0.1) is 6.10 Å². The van der Waals surface area contributed by atoms with Gasteiger partial charge in [0.2, 0.25) is 0 Å². The molecule has 3 rings (SSSR count). The van der Waals surface area contributed by atoms with Crippen molar-refractivity contribution in [1.82, 2.24) is 0 Å². The first-order valence-electron chi connectivity index (χ1n) is 8.78. The van der Waals surface area contributed by atoms with E-state index in [9.17, 15) is 5.11 Å². The smallest absolute Gasteiger partial charge is 0.192 e. The lowest BCUT2D eigenvalue weighted by Crippen LogP contribution is -2.45. The summed E-state index contributed by atoms with van der Waals surface area (Å²) >= 11 is 0. The highest BCUT2D eigenvalue weighted by Crippen LogP contribution is 2.59. The molecule has 126 valence electrons. The summed E-state index contributed by atoms with van der Waals surface area (Å²) in [6, 6.07) is 8.40. The van der Waals surface area contributed by atoms with Crippen molar-refractivity contribution in [2.45, 2.75) is 63.8 Å². The summed E-state index contributed by atoms with van der Waals surface area (Å²) in [4.78, 5) is 0. The zero-order chi connectivity index (χ0) is 16.9. The average Bonchev–Trinajstić information content (AvgIpc) is 2.75. The Morgan fingerprint density at radius 3 is 2.52 bits per heavy atom. The van der Waals surface area contributed by atoms with Gasteiger partial charge in [-0.15, -0.1) is 0 Å². The standard InChI is InChI=1S/C20H30O2Si/c1-19(2,3)23(4,5)22-14-20-13-9-8-12-17(20)15-10-6-7-11-16(15)18(20)21/h6-7,9-11,13,17-18,21H,8,12,14H2,1-5H3/t17-,18+,20+/m0/s1. The summed E-state index contributed by atoms with van der Waals surface area (Å²) in [6.07, 6.45) is 6.23. The molecule has 0 aliphatic heterocycles. The van der Waals surface area contributed by atoms with Crippen molar-refractivity contribution in [3.8, 4) is 0 Å². The molecule has 0 amide bonds. The predicted octanol–water partition coefficient (Wildman–Crippen LogP) is 5.18. The first kappa shape index (κ1) is 16.9. The SMILES string of the molecule is CC(C)(C)[Si](C)(C)OC[C@]12C=CCC[C@H]1c1ccccc1[C@H]2O. The van der Waals surface area contributed by atoms with Gasteiger partial charge in [-0.05, 0) is 48.0 Å². The molecule has 0 radical (unpaired) electrons. The quantitative estimate of drug-likeness (QED) is 0.611. The first-order valence-corrected chi connectivity index (χ1v) is 11.7. The van der Waals surface area contributed by atoms with Crippen LogP contribution in [0.5, 0.6) is 0 Å². The van der Waals surface area contributed by atoms with E-state index in [0.717, 1.165) is 18.4 Å². The van der Waals surface area contributed by atoms with Gasteiger partial charge in [0.25, 0.3) is 0 Å². The molecule has 1 aromatic rings. The molecule has 1 aromatic carbocycles. The number of rotatable bonds is 3. The molecule has 0 spiro atoms. The van der Waals surface area contributed by atoms with E-state index >= 15 is 0 Å². The number of benzene rings is 1. The van der Waals surface area contributed by atoms with Crippen molar-refractivity contribution >= 4 is 8.32 Å². The van der Waals surface area contributed by atoms with Crippen LogP contribution in [0.4, 0.5) is 0 Å². The van der Waals surface area contributed by atoms with Crippen LogP contribution in [0, 0.1) is 5.41 Å². The minimum Gasteiger partial charge on any atom is -0.416 e. The monoisotopic (exact) mass is 330 g/mol. The molecule has 0 fully saturated rings. The second-order valence-corrected chi connectivity index (χ2v) is 13.5. The fourth-order valence-corrected chi connectivity index (χ4v) is 4.84. The van der Waals surface area contributed by atoms with Crippen LogP contribution in [0.3, 0.4) is 0 Å². The van der Waals surface area contributed by atoms with Crippen LogP contribution < -0.4 is 0 Å². The molecule has 23 heavy (non-hydrogen) atoms. The molecule has 0 bridgehead atoms. The third kappa shape index (κ3) is 2.63. The van der Waals surface area contributed by atoms with Crippen molar-refractivity contribution in [2.24, 2.45) is 5.41 Å². The van der Waals surface area contributed by atoms with Gasteiger partial charge >= 0.3 is 0 Å². The van der Waals surface area contributed by atoms with Crippen LogP contribution in [-0.4, -0.2) is 20.0 Å². The Kier molecular flexibility index (Phi) is 4.10. The number of fused-ring (bicyclic) bond motifs is 3. The van der Waals surface area contributed by atoms with Gasteiger partial charge in [0.15, 0.2) is 8.32 Å². The lowest BCUT2D eigenvalue weighted by molar-refractivity contribution is 0.0114. The zero-order valence-electron chi connectivity index (χ0n) is 15.1. The Morgan fingerprint density at radius 2 is 1.87 bits per heavy atom. The third-order valence-electron chi connectivity index (χ3n) is 6.36. The Morgan fingerprint density at radius 1 is 1.22 bits per heavy atom. The lowest BCUT2D eigenvalue weighted by atomic mass is 9.70. The molecular weight excluding hydrogens is 300 g/mol. The van der Waals surface area contributed by atoms with Gasteiger partial charge in [-0.25, -0.2) is 0 Å². The van der Waals surface area contributed by atoms with Crippen LogP contribution in [-0.2, 0) is 4.43 Å². The minimum absolute atomic E-state index is 0.188. The molecule has 0 heterocycles. The van der Waals surface area contributed by atoms with E-state index < -0.39 is 14.4 Å². The third-order valence-corrected chi connectivity index (χ3v) is 10.8. The van der Waals surface area contributed by atoms with E-state index in [0.29, 0.717) is 12.5 Å². The van der Waals surface area contributed by atoms with Gasteiger partial charge in [0.1, 0.15) is 0 Å². The molecule has 0 saturated carbocycles. The van der Waals surface area contributed by atoms with Gasteiger partial charge in [-0.3, -0.25) is 0 Å². The van der Waals surface area contributed by atoms with Crippen molar-refractivity contribution in [3.63, 3.8) is 0 Å². The van der Waals surface area contributed by atoms with Crippen LogP contribution in [0.1, 0.15) is 56.8 Å². The minimum atomic E-state index is -1.83. The number of allylic oxidation sites excluding steroid dienone is 1. The fraction of sp³-hybridized carbons (Fsp3) is 0.600. The second kappa shape index (κ2) is 5.57. The summed E-state index contributed by atoms with van der Waals surface area (Å²) in [5, 5.41) is 11.3. The maximum absolute atomic E-state index is 11.1. The van der Waals surface area contributed by atoms with E-state index in [1.54, 1.807) is 0 Å². The van der Waals surface area contributed by atoms with Gasteiger partial charge < -0.3 is 9.53 Å². The number of hydrogen-bond donors (Lipinski definition) is 1. The van der Waals surface area contributed by atoms with Crippen molar-refractivity contribution < 1.29 is 9.53 Å². The van der Waals surface area contributed by atoms with Gasteiger partial charge in [-0.1, -0.05) is 57.2 Å². The zero-order valence-corrected chi connectivity index (χ0v) is 16.1. The maximum atomic E-state index is 11.1. The second-order valence-electron chi connectivity index (χ2n) is 8.73. The van der Waals surface area contributed by atoms with Crippen LogP contribution >= 0.6 is 0 Å². The van der Waals surface area contributed by atoms with Crippen LogP contribution in [0.2, 0.25) is 18.1 Å². The Hall–Kier alpha value is -0.903. The first-order chi connectivity index (χ1) is 10.7. The summed E-state index contributed by atoms with van der Waals surface area (Å²) in [7, 11) is -1.83. The van der Waals surface area contributed by atoms with Crippen LogP contribution in [0.25, 0.3) is 0 Å². The Labute approximate surface area is 141 Å². The molecule has 2 aliphatic carbocycles. The largest absolute Gasteiger partial charge is 0.416 e. The Bertz CT molecular complexity index is 614. The highest BCUT2D eigenvalue weighted by atomic mass is 28.4. The maximum Gasteiger partial charge on any atom is 0.192 e. The Balaban J connectivity index is 1.93. The molecule has 3 heteroatoms. The average molecular weight is 331 g/mol. The molecule has 0 aromatic heterocycles. The van der Waals surface area contributed by atoms with Crippen molar-refractivity contribution in [1.29, 1.82) is 0 Å². The van der Waals surface area contributed by atoms with Crippen molar-refractivity contribution in [2.75, 3.05) is 6.61 Å². The van der Waals surface area contributed by atoms with E-state index in [1.165, 1.54) is 5.56 Å². The molecular formula is C20H30O2Si. The molecule has 3 atom stereocenters. The summed E-state index contributed by atoms with van der Waals surface area (Å²) in [5.74, 6) is 0.378. The van der Waals surface area contributed by atoms with Crippen molar-refractivity contribution in [3.05, 3.63) is 47.5 Å². The summed E-state index contributed by atoms with van der Waals surface area (Å²) in [5.41, 5.74) is 2.14. The number of aliphatic hydroxyl groups is 1. The van der Waals surface area contributed by atoms with E-state index in [1.807, 2.05) is 6.07 Å². The highest BCUT2D eigenvalue weighted by Gasteiger charge is 2.53. The number of hydrogen-bond acceptors (Lipinski definition) is 2. The molecule has 1 N–H and O–H groups in total. The van der Waals surface area contributed by atoms with Gasteiger partial charge in [0, 0.05) is 12.0 Å². The summed E-state index contributed by atoms with van der Waals surface area (Å²) < 4.78 is 6.57. The molecule has 0 unspecified atom stereocenters. The molecule has 2 nitrogen and oxygen atoms in total. The topological polar surface area (TPSA) is 29.5 Å². The molecule has 2 aliphatic rings. The predicted molar refractivity (Wildman–Crippen MR) is 98.1 cm³/mol.